The highest BCUT2D eigenvalue weighted by atomic mass is 19.3. The van der Waals surface area contributed by atoms with E-state index >= 15 is 0 Å². The van der Waals surface area contributed by atoms with Gasteiger partial charge in [-0.2, -0.15) is 5.10 Å². The van der Waals surface area contributed by atoms with Crippen molar-refractivity contribution >= 4 is 0 Å². The second kappa shape index (κ2) is 8.23. The molecule has 0 aliphatic heterocycles. The lowest BCUT2D eigenvalue weighted by Crippen LogP contribution is -2.18. The van der Waals surface area contributed by atoms with Gasteiger partial charge < -0.3 is 9.84 Å². The first-order valence-corrected chi connectivity index (χ1v) is 10.2. The number of aromatic nitrogens is 2. The van der Waals surface area contributed by atoms with Crippen LogP contribution in [0, 0.1) is 0 Å². The number of alkyl halides is 2. The van der Waals surface area contributed by atoms with Gasteiger partial charge in [-0.05, 0) is 49.9 Å². The van der Waals surface area contributed by atoms with Gasteiger partial charge in [0.1, 0.15) is 18.1 Å². The normalized spacial score (nSPS) is 14.1. The molecule has 1 N–H and O–H groups in total. The van der Waals surface area contributed by atoms with Crippen molar-refractivity contribution in [2.75, 3.05) is 6.61 Å². The Morgan fingerprint density at radius 3 is 2.42 bits per heavy atom. The molecule has 3 aromatic rings. The Morgan fingerprint density at radius 2 is 1.81 bits per heavy atom. The third kappa shape index (κ3) is 4.66. The molecule has 7 heteroatoms. The van der Waals surface area contributed by atoms with Crippen molar-refractivity contribution in [1.82, 2.24) is 9.78 Å². The fraction of sp³-hybridized carbons (Fsp3) is 0.333. The molecule has 1 fully saturated rings. The standard InChI is InChI=1S/C24H24F2N2O3/c1-24(2,30)16-9-7-15(8-10-16)19-13-28(17-11-12-17)27-22(23(19)29)18-5-3-4-6-20(18)31-14-21(25)26/h3-10,13,17,21,30H,11-12,14H2,1-2H3. The first-order chi connectivity index (χ1) is 14.7. The number of aliphatic hydroxyl groups is 1. The Balaban J connectivity index is 1.83. The molecule has 1 aromatic heterocycles. The fourth-order valence-electron chi connectivity index (χ4n) is 3.41. The fourth-order valence-corrected chi connectivity index (χ4v) is 3.41. The molecule has 1 saturated carbocycles. The van der Waals surface area contributed by atoms with E-state index in [1.54, 1.807) is 73.3 Å². The highest BCUT2D eigenvalue weighted by molar-refractivity contribution is 5.73. The molecule has 0 bridgehead atoms. The van der Waals surface area contributed by atoms with Gasteiger partial charge in [-0.1, -0.05) is 36.4 Å². The van der Waals surface area contributed by atoms with Gasteiger partial charge >= 0.3 is 0 Å². The number of para-hydroxylation sites is 1. The highest BCUT2D eigenvalue weighted by Gasteiger charge is 2.27. The maximum absolute atomic E-state index is 13.4. The number of nitrogens with zero attached hydrogens (tertiary/aromatic N) is 2. The van der Waals surface area contributed by atoms with E-state index in [-0.39, 0.29) is 22.9 Å². The maximum atomic E-state index is 13.4. The molecule has 2 aromatic carbocycles. The molecule has 0 unspecified atom stereocenters. The molecule has 1 aliphatic rings. The van der Waals surface area contributed by atoms with Crippen LogP contribution in [-0.4, -0.2) is 27.9 Å². The van der Waals surface area contributed by atoms with Crippen molar-refractivity contribution in [3.63, 3.8) is 0 Å². The monoisotopic (exact) mass is 426 g/mol. The molecule has 1 heterocycles. The average Bonchev–Trinajstić information content (AvgIpc) is 3.58. The van der Waals surface area contributed by atoms with E-state index in [1.807, 2.05) is 0 Å². The second-order valence-corrected chi connectivity index (χ2v) is 8.27. The van der Waals surface area contributed by atoms with E-state index in [1.165, 1.54) is 0 Å². The Kier molecular flexibility index (Phi) is 5.62. The molecule has 162 valence electrons. The van der Waals surface area contributed by atoms with Crippen molar-refractivity contribution < 1.29 is 18.6 Å². The molecule has 4 rings (SSSR count). The van der Waals surface area contributed by atoms with Crippen LogP contribution < -0.4 is 10.2 Å². The summed E-state index contributed by atoms with van der Waals surface area (Å²) in [6.07, 6.45) is 1.06. The Hall–Kier alpha value is -3.06. The molecule has 31 heavy (non-hydrogen) atoms. The SMILES string of the molecule is CC(C)(O)c1ccc(-c2cn(C3CC3)nc(-c3ccccc3OCC(F)F)c2=O)cc1. The minimum absolute atomic E-state index is 0.167. The van der Waals surface area contributed by atoms with E-state index < -0.39 is 18.6 Å². The predicted molar refractivity (Wildman–Crippen MR) is 114 cm³/mol. The lowest BCUT2D eigenvalue weighted by molar-refractivity contribution is 0.0786. The molecular weight excluding hydrogens is 402 g/mol. The summed E-state index contributed by atoms with van der Waals surface area (Å²) in [6, 6.07) is 14.0. The van der Waals surface area contributed by atoms with Crippen molar-refractivity contribution in [3.8, 4) is 28.1 Å². The quantitative estimate of drug-likeness (QED) is 0.590. The number of hydrogen-bond donors (Lipinski definition) is 1. The van der Waals surface area contributed by atoms with Crippen molar-refractivity contribution in [2.24, 2.45) is 0 Å². The van der Waals surface area contributed by atoms with E-state index in [0.717, 1.165) is 18.4 Å². The van der Waals surface area contributed by atoms with Crippen LogP contribution in [0.2, 0.25) is 0 Å². The summed E-state index contributed by atoms with van der Waals surface area (Å²) in [7, 11) is 0. The van der Waals surface area contributed by atoms with Crippen LogP contribution in [0.25, 0.3) is 22.4 Å². The summed E-state index contributed by atoms with van der Waals surface area (Å²) in [5.74, 6) is 0.198. The molecule has 0 saturated heterocycles. The summed E-state index contributed by atoms with van der Waals surface area (Å²) >= 11 is 0. The number of rotatable bonds is 7. The van der Waals surface area contributed by atoms with Crippen molar-refractivity contribution in [1.29, 1.82) is 0 Å². The van der Waals surface area contributed by atoms with Crippen LogP contribution in [0.4, 0.5) is 8.78 Å². The molecule has 0 atom stereocenters. The third-order valence-electron chi connectivity index (χ3n) is 5.27. The van der Waals surface area contributed by atoms with Crippen LogP contribution in [0.1, 0.15) is 38.3 Å². The third-order valence-corrected chi connectivity index (χ3v) is 5.27. The summed E-state index contributed by atoms with van der Waals surface area (Å²) in [4.78, 5) is 13.4. The summed E-state index contributed by atoms with van der Waals surface area (Å²) in [5, 5.41) is 14.7. The van der Waals surface area contributed by atoms with Crippen molar-refractivity contribution in [3.05, 3.63) is 70.5 Å². The van der Waals surface area contributed by atoms with Crippen LogP contribution in [0.15, 0.2) is 59.5 Å². The largest absolute Gasteiger partial charge is 0.487 e. The first kappa shape index (κ1) is 21.2. The summed E-state index contributed by atoms with van der Waals surface area (Å²) < 4.78 is 32.4. The molecular formula is C24H24F2N2O3. The zero-order chi connectivity index (χ0) is 22.2. The average molecular weight is 426 g/mol. The lowest BCUT2D eigenvalue weighted by Gasteiger charge is -2.18. The van der Waals surface area contributed by atoms with Gasteiger partial charge in [-0.15, -0.1) is 0 Å². The van der Waals surface area contributed by atoms with E-state index in [4.69, 9.17) is 4.74 Å². The van der Waals surface area contributed by atoms with Gasteiger partial charge in [0, 0.05) is 17.3 Å². The zero-order valence-electron chi connectivity index (χ0n) is 17.4. The van der Waals surface area contributed by atoms with Crippen molar-refractivity contribution in [2.45, 2.75) is 44.8 Å². The topological polar surface area (TPSA) is 64.3 Å². The molecule has 0 amide bonds. The first-order valence-electron chi connectivity index (χ1n) is 10.2. The minimum atomic E-state index is -2.62. The zero-order valence-corrected chi connectivity index (χ0v) is 17.4. The Morgan fingerprint density at radius 1 is 1.13 bits per heavy atom. The Labute approximate surface area is 178 Å². The minimum Gasteiger partial charge on any atom is -0.487 e. The van der Waals surface area contributed by atoms with E-state index in [2.05, 4.69) is 5.10 Å². The van der Waals surface area contributed by atoms with Gasteiger partial charge in [0.25, 0.3) is 6.43 Å². The number of ether oxygens (including phenoxy) is 1. The summed E-state index contributed by atoms with van der Waals surface area (Å²) in [5.41, 5.74) is 1.15. The smallest absolute Gasteiger partial charge is 0.272 e. The van der Waals surface area contributed by atoms with Crippen LogP contribution in [-0.2, 0) is 5.60 Å². The van der Waals surface area contributed by atoms with Crippen LogP contribution in [0.3, 0.4) is 0 Å². The number of benzene rings is 2. The number of hydrogen-bond acceptors (Lipinski definition) is 4. The highest BCUT2D eigenvalue weighted by Crippen LogP contribution is 2.36. The van der Waals surface area contributed by atoms with Gasteiger partial charge in [-0.25, -0.2) is 8.78 Å². The number of halogens is 2. The lowest BCUT2D eigenvalue weighted by atomic mass is 9.95. The van der Waals surface area contributed by atoms with Crippen LogP contribution in [0.5, 0.6) is 5.75 Å². The summed E-state index contributed by atoms with van der Waals surface area (Å²) in [6.45, 7) is 2.64. The second-order valence-electron chi connectivity index (χ2n) is 8.27. The molecule has 5 nitrogen and oxygen atoms in total. The van der Waals surface area contributed by atoms with Gasteiger partial charge in [0.15, 0.2) is 0 Å². The van der Waals surface area contributed by atoms with Crippen LogP contribution >= 0.6 is 0 Å². The van der Waals surface area contributed by atoms with E-state index in [0.29, 0.717) is 16.7 Å². The van der Waals surface area contributed by atoms with Gasteiger partial charge in [-0.3, -0.25) is 9.48 Å². The maximum Gasteiger partial charge on any atom is 0.272 e. The molecule has 0 spiro atoms. The molecule has 1 aliphatic carbocycles. The van der Waals surface area contributed by atoms with Gasteiger partial charge in [0.2, 0.25) is 5.43 Å². The Bertz CT molecular complexity index is 1130. The van der Waals surface area contributed by atoms with Gasteiger partial charge in [0.05, 0.1) is 11.6 Å². The predicted octanol–water partition coefficient (Wildman–Crippen LogP) is 4.78. The van der Waals surface area contributed by atoms with E-state index in [9.17, 15) is 18.7 Å². The molecule has 0 radical (unpaired) electrons.